The predicted molar refractivity (Wildman–Crippen MR) is 76.8 cm³/mol. The fraction of sp³-hybridized carbons (Fsp3) is 1.00. The average Bonchev–Trinajstić information content (AvgIpc) is 2.89. The summed E-state index contributed by atoms with van der Waals surface area (Å²) in [5.74, 6) is 1.56. The fourth-order valence-corrected chi connectivity index (χ4v) is 4.76. The Morgan fingerprint density at radius 3 is 2.16 bits per heavy atom. The number of hydrogen-bond acceptors (Lipinski definition) is 3. The lowest BCUT2D eigenvalue weighted by Crippen LogP contribution is -2.47. The number of piperidine rings is 1. The molecule has 0 aromatic rings. The fourth-order valence-electron chi connectivity index (χ4n) is 3.05. The first-order valence-electron chi connectivity index (χ1n) is 7.40. The smallest absolute Gasteiger partial charge is 0.281 e. The van der Waals surface area contributed by atoms with E-state index >= 15 is 0 Å². The second kappa shape index (κ2) is 6.08. The van der Waals surface area contributed by atoms with Crippen LogP contribution in [0.4, 0.5) is 0 Å². The normalized spacial score (nSPS) is 28.3. The first-order valence-corrected chi connectivity index (χ1v) is 8.80. The largest absolute Gasteiger partial charge is 0.330 e. The van der Waals surface area contributed by atoms with Crippen LogP contribution in [-0.2, 0) is 10.2 Å². The Kier molecular flexibility index (Phi) is 4.87. The van der Waals surface area contributed by atoms with Crippen LogP contribution < -0.4 is 5.73 Å². The molecule has 2 saturated heterocycles. The third kappa shape index (κ3) is 3.29. The molecule has 19 heavy (non-hydrogen) atoms. The van der Waals surface area contributed by atoms with Crippen LogP contribution in [0.5, 0.6) is 0 Å². The molecule has 1 unspecified atom stereocenters. The Labute approximate surface area is 117 Å². The van der Waals surface area contributed by atoms with Gasteiger partial charge in [0.1, 0.15) is 0 Å². The highest BCUT2D eigenvalue weighted by Gasteiger charge is 2.37. The van der Waals surface area contributed by atoms with Crippen LogP contribution in [0.15, 0.2) is 0 Å². The van der Waals surface area contributed by atoms with Crippen LogP contribution in [0.2, 0.25) is 0 Å². The quantitative estimate of drug-likeness (QED) is 0.835. The summed E-state index contributed by atoms with van der Waals surface area (Å²) < 4.78 is 28.5. The molecular formula is C13H27N3O2S. The molecule has 2 aliphatic heterocycles. The molecule has 2 aliphatic rings. The van der Waals surface area contributed by atoms with Gasteiger partial charge in [-0.05, 0) is 43.6 Å². The van der Waals surface area contributed by atoms with Gasteiger partial charge < -0.3 is 5.73 Å². The van der Waals surface area contributed by atoms with E-state index in [1.807, 2.05) is 0 Å². The molecule has 0 spiro atoms. The van der Waals surface area contributed by atoms with Crippen LogP contribution in [0.3, 0.4) is 0 Å². The van der Waals surface area contributed by atoms with E-state index in [4.69, 9.17) is 5.73 Å². The third-order valence-electron chi connectivity index (χ3n) is 4.69. The Bertz CT molecular complexity index is 389. The van der Waals surface area contributed by atoms with Gasteiger partial charge >= 0.3 is 0 Å². The van der Waals surface area contributed by atoms with E-state index in [-0.39, 0.29) is 0 Å². The van der Waals surface area contributed by atoms with E-state index in [1.165, 1.54) is 0 Å². The van der Waals surface area contributed by atoms with Gasteiger partial charge in [0.05, 0.1) is 0 Å². The lowest BCUT2D eigenvalue weighted by Gasteiger charge is -2.33. The van der Waals surface area contributed by atoms with Crippen molar-refractivity contribution in [1.82, 2.24) is 8.61 Å². The van der Waals surface area contributed by atoms with Gasteiger partial charge in [0.15, 0.2) is 0 Å². The van der Waals surface area contributed by atoms with Gasteiger partial charge in [0, 0.05) is 26.2 Å². The molecule has 0 aliphatic carbocycles. The zero-order chi connectivity index (χ0) is 14.0. The second-order valence-corrected chi connectivity index (χ2v) is 8.17. The third-order valence-corrected chi connectivity index (χ3v) is 6.69. The SMILES string of the molecule is CC(C)C1CCN(S(=O)(=O)N2CCC(CN)CC2)C1. The standard InChI is InChI=1S/C13H27N3O2S/c1-11(2)13-5-8-16(10-13)19(17,18)15-6-3-12(9-14)4-7-15/h11-13H,3-10,14H2,1-2H3. The van der Waals surface area contributed by atoms with Crippen LogP contribution in [-0.4, -0.2) is 49.8 Å². The lowest BCUT2D eigenvalue weighted by atomic mass is 9.96. The average molecular weight is 289 g/mol. The first-order chi connectivity index (χ1) is 8.95. The van der Waals surface area contributed by atoms with Crippen LogP contribution in [0, 0.1) is 17.8 Å². The van der Waals surface area contributed by atoms with Crippen LogP contribution >= 0.6 is 0 Å². The van der Waals surface area contributed by atoms with Crippen molar-refractivity contribution in [3.63, 3.8) is 0 Å². The summed E-state index contributed by atoms with van der Waals surface area (Å²) in [5.41, 5.74) is 5.65. The van der Waals surface area contributed by atoms with E-state index in [9.17, 15) is 8.42 Å². The maximum atomic E-state index is 12.6. The summed E-state index contributed by atoms with van der Waals surface area (Å²) in [6.45, 7) is 7.66. The number of rotatable bonds is 4. The summed E-state index contributed by atoms with van der Waals surface area (Å²) >= 11 is 0. The zero-order valence-electron chi connectivity index (χ0n) is 12.1. The summed E-state index contributed by atoms with van der Waals surface area (Å²) in [6.07, 6.45) is 2.80. The van der Waals surface area contributed by atoms with Gasteiger partial charge in [0.25, 0.3) is 10.2 Å². The molecule has 0 amide bonds. The topological polar surface area (TPSA) is 66.6 Å². The maximum absolute atomic E-state index is 12.6. The second-order valence-electron chi connectivity index (χ2n) is 6.24. The molecule has 0 bridgehead atoms. The van der Waals surface area contributed by atoms with Crippen molar-refractivity contribution in [1.29, 1.82) is 0 Å². The first kappa shape index (κ1) is 15.2. The Balaban J connectivity index is 1.96. The van der Waals surface area contributed by atoms with Gasteiger partial charge in [-0.2, -0.15) is 17.0 Å². The Morgan fingerprint density at radius 1 is 1.11 bits per heavy atom. The number of nitrogens with zero attached hydrogens (tertiary/aromatic N) is 2. The highest BCUT2D eigenvalue weighted by molar-refractivity contribution is 7.86. The zero-order valence-corrected chi connectivity index (χ0v) is 12.9. The van der Waals surface area contributed by atoms with Gasteiger partial charge in [-0.3, -0.25) is 0 Å². The molecule has 6 heteroatoms. The van der Waals surface area contributed by atoms with E-state index in [0.29, 0.717) is 50.5 Å². The highest BCUT2D eigenvalue weighted by atomic mass is 32.2. The van der Waals surface area contributed by atoms with Gasteiger partial charge in [-0.1, -0.05) is 13.8 Å². The summed E-state index contributed by atoms with van der Waals surface area (Å²) in [6, 6.07) is 0. The molecule has 2 heterocycles. The minimum absolute atomic E-state index is 0.494. The summed E-state index contributed by atoms with van der Waals surface area (Å²) in [7, 11) is -3.23. The maximum Gasteiger partial charge on any atom is 0.281 e. The molecule has 0 aromatic carbocycles. The van der Waals surface area contributed by atoms with E-state index in [0.717, 1.165) is 19.3 Å². The molecule has 0 radical (unpaired) electrons. The van der Waals surface area contributed by atoms with Gasteiger partial charge in [0.2, 0.25) is 0 Å². The molecule has 5 nitrogen and oxygen atoms in total. The molecule has 0 saturated carbocycles. The van der Waals surface area contributed by atoms with Gasteiger partial charge in [-0.15, -0.1) is 0 Å². The molecule has 0 aromatic heterocycles. The van der Waals surface area contributed by atoms with E-state index in [1.54, 1.807) is 8.61 Å². The van der Waals surface area contributed by atoms with Crippen molar-refractivity contribution in [2.45, 2.75) is 33.1 Å². The van der Waals surface area contributed by atoms with E-state index in [2.05, 4.69) is 13.8 Å². The predicted octanol–water partition coefficient (Wildman–Crippen LogP) is 0.880. The monoisotopic (exact) mass is 289 g/mol. The van der Waals surface area contributed by atoms with Crippen molar-refractivity contribution in [2.24, 2.45) is 23.5 Å². The van der Waals surface area contributed by atoms with Crippen molar-refractivity contribution in [3.05, 3.63) is 0 Å². The lowest BCUT2D eigenvalue weighted by molar-refractivity contribution is 0.260. The number of hydrogen-bond donors (Lipinski definition) is 1. The van der Waals surface area contributed by atoms with Crippen molar-refractivity contribution >= 4 is 10.2 Å². The minimum atomic E-state index is -3.23. The molecule has 1 atom stereocenters. The minimum Gasteiger partial charge on any atom is -0.330 e. The Morgan fingerprint density at radius 2 is 1.68 bits per heavy atom. The summed E-state index contributed by atoms with van der Waals surface area (Å²) in [5, 5.41) is 0. The molecule has 112 valence electrons. The Hall–Kier alpha value is -0.170. The number of nitrogens with two attached hydrogens (primary N) is 1. The van der Waals surface area contributed by atoms with Crippen molar-refractivity contribution in [3.8, 4) is 0 Å². The highest BCUT2D eigenvalue weighted by Crippen LogP contribution is 2.28. The van der Waals surface area contributed by atoms with Crippen molar-refractivity contribution in [2.75, 3.05) is 32.7 Å². The van der Waals surface area contributed by atoms with Gasteiger partial charge in [-0.25, -0.2) is 0 Å². The van der Waals surface area contributed by atoms with E-state index < -0.39 is 10.2 Å². The van der Waals surface area contributed by atoms with Crippen LogP contribution in [0.1, 0.15) is 33.1 Å². The summed E-state index contributed by atoms with van der Waals surface area (Å²) in [4.78, 5) is 0. The molecule has 2 N–H and O–H groups in total. The molecule has 2 rings (SSSR count). The van der Waals surface area contributed by atoms with Crippen LogP contribution in [0.25, 0.3) is 0 Å². The van der Waals surface area contributed by atoms with Crippen molar-refractivity contribution < 1.29 is 8.42 Å². The molecule has 2 fully saturated rings. The molecular weight excluding hydrogens is 262 g/mol.